The molecular weight excluding hydrogens is 266 g/mol. The first-order chi connectivity index (χ1) is 9.11. The van der Waals surface area contributed by atoms with Gasteiger partial charge in [0.05, 0.1) is 17.4 Å². The van der Waals surface area contributed by atoms with Crippen molar-refractivity contribution in [3.8, 4) is 17.5 Å². The summed E-state index contributed by atoms with van der Waals surface area (Å²) >= 11 is 0.991. The third-order valence-electron chi connectivity index (χ3n) is 2.26. The average molecular weight is 275 g/mol. The zero-order valence-corrected chi connectivity index (χ0v) is 10.5. The topological polar surface area (TPSA) is 118 Å². The fourth-order valence-electron chi connectivity index (χ4n) is 1.39. The molecule has 0 amide bonds. The molecule has 0 aliphatic heterocycles. The highest BCUT2D eigenvalue weighted by molar-refractivity contribution is 7.99. The van der Waals surface area contributed by atoms with E-state index in [1.807, 2.05) is 6.07 Å². The third-order valence-corrected chi connectivity index (χ3v) is 3.19. The molecule has 1 aromatic carbocycles. The van der Waals surface area contributed by atoms with Gasteiger partial charge in [0.15, 0.2) is 5.82 Å². The van der Waals surface area contributed by atoms with Crippen molar-refractivity contribution in [2.24, 2.45) is 0 Å². The molecule has 0 saturated carbocycles. The van der Waals surface area contributed by atoms with Gasteiger partial charge in [0.25, 0.3) is 0 Å². The molecule has 8 heteroatoms. The van der Waals surface area contributed by atoms with E-state index in [0.29, 0.717) is 22.1 Å². The van der Waals surface area contributed by atoms with Gasteiger partial charge >= 0.3 is 5.97 Å². The molecule has 0 unspecified atom stereocenters. The lowest BCUT2D eigenvalue weighted by molar-refractivity contribution is -0.133. The largest absolute Gasteiger partial charge is 0.481 e. The summed E-state index contributed by atoms with van der Waals surface area (Å²) in [5.41, 5.74) is 1.24. The van der Waals surface area contributed by atoms with Crippen molar-refractivity contribution < 1.29 is 9.90 Å². The summed E-state index contributed by atoms with van der Waals surface area (Å²) in [6, 6.07) is 8.72. The number of benzene rings is 1. The summed E-state index contributed by atoms with van der Waals surface area (Å²) < 4.78 is 1.23. The zero-order chi connectivity index (χ0) is 13.8. The molecule has 0 spiro atoms. The maximum absolute atomic E-state index is 10.5. The lowest BCUT2D eigenvalue weighted by Gasteiger charge is -2.02. The number of carbonyl (C=O) groups is 1. The van der Waals surface area contributed by atoms with Gasteiger partial charge in [-0.2, -0.15) is 5.26 Å². The number of aliphatic carboxylic acids is 1. The van der Waals surface area contributed by atoms with Crippen LogP contribution in [0.5, 0.6) is 0 Å². The van der Waals surface area contributed by atoms with E-state index >= 15 is 0 Å². The first kappa shape index (κ1) is 12.9. The van der Waals surface area contributed by atoms with Gasteiger partial charge in [-0.05, 0) is 24.3 Å². The van der Waals surface area contributed by atoms with Crippen LogP contribution in [0.2, 0.25) is 0 Å². The summed E-state index contributed by atoms with van der Waals surface area (Å²) in [5.74, 6) is 5.13. The maximum atomic E-state index is 10.5. The Morgan fingerprint density at radius 1 is 1.42 bits per heavy atom. The Morgan fingerprint density at radius 2 is 2.11 bits per heavy atom. The molecule has 3 N–H and O–H groups in total. The van der Waals surface area contributed by atoms with E-state index < -0.39 is 5.97 Å². The Bertz CT molecular complexity index is 644. The van der Waals surface area contributed by atoms with Crippen molar-refractivity contribution in [1.29, 1.82) is 5.26 Å². The van der Waals surface area contributed by atoms with Crippen LogP contribution in [0.3, 0.4) is 0 Å². The van der Waals surface area contributed by atoms with E-state index in [0.717, 1.165) is 11.8 Å². The fraction of sp³-hybridized carbons (Fsp3) is 0.0909. The van der Waals surface area contributed by atoms with Crippen LogP contribution in [0.4, 0.5) is 0 Å². The Kier molecular flexibility index (Phi) is 3.68. The predicted molar refractivity (Wildman–Crippen MR) is 68.7 cm³/mol. The number of nitrogen functional groups attached to an aromatic ring is 1. The molecule has 0 aliphatic rings. The van der Waals surface area contributed by atoms with Crippen molar-refractivity contribution in [3.63, 3.8) is 0 Å². The van der Waals surface area contributed by atoms with Gasteiger partial charge in [-0.15, -0.1) is 10.2 Å². The molecule has 19 heavy (non-hydrogen) atoms. The summed E-state index contributed by atoms with van der Waals surface area (Å²) in [7, 11) is 0. The molecule has 0 atom stereocenters. The van der Waals surface area contributed by atoms with Gasteiger partial charge in [-0.1, -0.05) is 11.8 Å². The SMILES string of the molecule is N#Cc1ccc(-c2nnc(SCC(=O)O)n2N)cc1. The molecule has 2 aromatic rings. The molecule has 7 nitrogen and oxygen atoms in total. The number of carboxylic acid groups (broad SMARTS) is 1. The van der Waals surface area contributed by atoms with Crippen LogP contribution >= 0.6 is 11.8 Å². The van der Waals surface area contributed by atoms with Gasteiger partial charge < -0.3 is 10.9 Å². The zero-order valence-electron chi connectivity index (χ0n) is 9.65. The second-order valence-corrected chi connectivity index (χ2v) is 4.49. The van der Waals surface area contributed by atoms with Gasteiger partial charge in [-0.25, -0.2) is 4.68 Å². The number of nitriles is 1. The highest BCUT2D eigenvalue weighted by Gasteiger charge is 2.13. The number of thioether (sulfide) groups is 1. The highest BCUT2D eigenvalue weighted by Crippen LogP contribution is 2.21. The third kappa shape index (κ3) is 2.83. The number of hydrogen-bond acceptors (Lipinski definition) is 6. The molecule has 0 radical (unpaired) electrons. The molecular formula is C11H9N5O2S. The fourth-order valence-corrected chi connectivity index (χ4v) is 1.97. The van der Waals surface area contributed by atoms with E-state index in [-0.39, 0.29) is 5.75 Å². The second kappa shape index (κ2) is 5.41. The first-order valence-electron chi connectivity index (χ1n) is 5.17. The van der Waals surface area contributed by atoms with Crippen LogP contribution < -0.4 is 5.84 Å². The highest BCUT2D eigenvalue weighted by atomic mass is 32.2. The standard InChI is InChI=1S/C11H9N5O2S/c12-5-7-1-3-8(4-2-7)10-14-15-11(16(10)13)19-6-9(17)18/h1-4H,6,13H2,(H,17,18). The van der Waals surface area contributed by atoms with E-state index in [1.165, 1.54) is 4.68 Å². The van der Waals surface area contributed by atoms with Gasteiger partial charge in [0.2, 0.25) is 5.16 Å². The van der Waals surface area contributed by atoms with Crippen molar-refractivity contribution in [1.82, 2.24) is 14.9 Å². The van der Waals surface area contributed by atoms with Crippen LogP contribution in [-0.4, -0.2) is 31.7 Å². The Balaban J connectivity index is 2.25. The van der Waals surface area contributed by atoms with Crippen LogP contribution in [0.1, 0.15) is 5.56 Å². The van der Waals surface area contributed by atoms with Gasteiger partial charge in [-0.3, -0.25) is 4.79 Å². The van der Waals surface area contributed by atoms with E-state index in [9.17, 15) is 4.79 Å². The van der Waals surface area contributed by atoms with E-state index in [2.05, 4.69) is 10.2 Å². The number of hydrogen-bond donors (Lipinski definition) is 2. The van der Waals surface area contributed by atoms with Crippen LogP contribution in [0, 0.1) is 11.3 Å². The first-order valence-corrected chi connectivity index (χ1v) is 6.16. The minimum Gasteiger partial charge on any atom is -0.481 e. The predicted octanol–water partition coefficient (Wildman–Crippen LogP) is 0.707. The number of carboxylic acids is 1. The van der Waals surface area contributed by atoms with Crippen molar-refractivity contribution in [3.05, 3.63) is 29.8 Å². The Morgan fingerprint density at radius 3 is 2.68 bits per heavy atom. The van der Waals surface area contributed by atoms with Crippen LogP contribution in [0.15, 0.2) is 29.4 Å². The Labute approximate surface area is 112 Å². The number of nitrogens with zero attached hydrogens (tertiary/aromatic N) is 4. The maximum Gasteiger partial charge on any atom is 0.313 e. The van der Waals surface area contributed by atoms with Crippen LogP contribution in [0.25, 0.3) is 11.4 Å². The van der Waals surface area contributed by atoms with Crippen molar-refractivity contribution in [2.45, 2.75) is 5.16 Å². The summed E-state index contributed by atoms with van der Waals surface area (Å²) in [6.45, 7) is 0. The normalized spacial score (nSPS) is 10.1. The summed E-state index contributed by atoms with van der Waals surface area (Å²) in [4.78, 5) is 10.5. The van der Waals surface area contributed by atoms with Crippen LogP contribution in [-0.2, 0) is 4.79 Å². The lowest BCUT2D eigenvalue weighted by atomic mass is 10.1. The van der Waals surface area contributed by atoms with Gasteiger partial charge in [0, 0.05) is 5.56 Å². The average Bonchev–Trinajstić information content (AvgIpc) is 2.78. The second-order valence-electron chi connectivity index (χ2n) is 3.55. The number of rotatable bonds is 4. The Hall–Kier alpha value is -2.53. The molecule has 0 aliphatic carbocycles. The molecule has 1 heterocycles. The smallest absolute Gasteiger partial charge is 0.313 e. The minimum absolute atomic E-state index is 0.136. The lowest BCUT2D eigenvalue weighted by Crippen LogP contribution is -2.12. The summed E-state index contributed by atoms with van der Waals surface area (Å²) in [5, 5.41) is 25.4. The molecule has 96 valence electrons. The quantitative estimate of drug-likeness (QED) is 0.623. The molecule has 1 aromatic heterocycles. The number of nitrogens with two attached hydrogens (primary N) is 1. The summed E-state index contributed by atoms with van der Waals surface area (Å²) in [6.07, 6.45) is 0. The molecule has 2 rings (SSSR count). The van der Waals surface area contributed by atoms with Gasteiger partial charge in [0.1, 0.15) is 0 Å². The van der Waals surface area contributed by atoms with Crippen molar-refractivity contribution >= 4 is 17.7 Å². The number of aromatic nitrogens is 3. The molecule has 0 saturated heterocycles. The minimum atomic E-state index is -0.951. The molecule has 0 fully saturated rings. The van der Waals surface area contributed by atoms with E-state index in [1.54, 1.807) is 24.3 Å². The monoisotopic (exact) mass is 275 g/mol. The molecule has 0 bridgehead atoms. The van der Waals surface area contributed by atoms with E-state index in [4.69, 9.17) is 16.2 Å². The van der Waals surface area contributed by atoms with Crippen molar-refractivity contribution in [2.75, 3.05) is 11.6 Å².